The summed E-state index contributed by atoms with van der Waals surface area (Å²) in [7, 11) is 0. The fourth-order valence-electron chi connectivity index (χ4n) is 1.72. The summed E-state index contributed by atoms with van der Waals surface area (Å²) in [6.07, 6.45) is 0.539. The molecule has 0 bridgehead atoms. The van der Waals surface area contributed by atoms with Gasteiger partial charge in [0.1, 0.15) is 11.0 Å². The lowest BCUT2D eigenvalue weighted by molar-refractivity contribution is -0.147. The van der Waals surface area contributed by atoms with Gasteiger partial charge in [0.25, 0.3) is 0 Å². The summed E-state index contributed by atoms with van der Waals surface area (Å²) in [5, 5.41) is -0.514. The molecule has 1 aromatic rings. The molecule has 1 saturated heterocycles. The Morgan fingerprint density at radius 2 is 2.07 bits per heavy atom. The Morgan fingerprint density at radius 3 is 2.57 bits per heavy atom. The second-order valence-electron chi connectivity index (χ2n) is 3.69. The van der Waals surface area contributed by atoms with Crippen LogP contribution in [0.4, 0.5) is 0 Å². The molecule has 0 amide bonds. The van der Waals surface area contributed by atoms with E-state index in [4.69, 9.17) is 16.3 Å². The molecule has 2 nitrogen and oxygen atoms in total. The average Bonchev–Trinajstić information content (AvgIpc) is 2.44. The fourth-order valence-corrected chi connectivity index (χ4v) is 2.06. The number of esters is 1. The van der Waals surface area contributed by atoms with Crippen LogP contribution >= 0.6 is 11.6 Å². The smallest absolute Gasteiger partial charge is 0.325 e. The van der Waals surface area contributed by atoms with Crippen molar-refractivity contribution in [2.45, 2.75) is 24.3 Å². The van der Waals surface area contributed by atoms with Gasteiger partial charge in [-0.15, -0.1) is 11.6 Å². The first-order valence-corrected chi connectivity index (χ1v) is 4.98. The van der Waals surface area contributed by atoms with Crippen molar-refractivity contribution in [1.29, 1.82) is 0 Å². The second-order valence-corrected chi connectivity index (χ2v) is 4.22. The van der Waals surface area contributed by atoms with Crippen molar-refractivity contribution < 1.29 is 9.53 Å². The van der Waals surface area contributed by atoms with Crippen molar-refractivity contribution in [2.75, 3.05) is 0 Å². The van der Waals surface area contributed by atoms with Gasteiger partial charge >= 0.3 is 5.97 Å². The minimum absolute atomic E-state index is 0.321. The molecule has 2 atom stereocenters. The van der Waals surface area contributed by atoms with Gasteiger partial charge in [0.05, 0.1) is 0 Å². The van der Waals surface area contributed by atoms with Crippen LogP contribution in [0.2, 0.25) is 0 Å². The van der Waals surface area contributed by atoms with Gasteiger partial charge in [-0.25, -0.2) is 0 Å². The van der Waals surface area contributed by atoms with Gasteiger partial charge in [-0.2, -0.15) is 0 Å². The Bertz CT molecular complexity index is 350. The van der Waals surface area contributed by atoms with E-state index in [1.54, 1.807) is 0 Å². The molecule has 1 fully saturated rings. The van der Waals surface area contributed by atoms with E-state index in [0.29, 0.717) is 6.42 Å². The third-order valence-corrected chi connectivity index (χ3v) is 2.87. The van der Waals surface area contributed by atoms with Crippen LogP contribution in [0, 0.1) is 0 Å². The quantitative estimate of drug-likeness (QED) is 0.526. The van der Waals surface area contributed by atoms with Crippen LogP contribution in [0.1, 0.15) is 18.9 Å². The van der Waals surface area contributed by atoms with E-state index in [0.717, 1.165) is 5.56 Å². The van der Waals surface area contributed by atoms with Crippen LogP contribution in [0.25, 0.3) is 0 Å². The molecule has 0 spiro atoms. The van der Waals surface area contributed by atoms with E-state index in [1.165, 1.54) is 0 Å². The molecule has 3 heteroatoms. The summed E-state index contributed by atoms with van der Waals surface area (Å²) >= 11 is 5.82. The lowest BCUT2D eigenvalue weighted by Crippen LogP contribution is -2.20. The maximum Gasteiger partial charge on any atom is 0.325 e. The number of carbonyl (C=O) groups excluding carboxylic acids is 1. The summed E-state index contributed by atoms with van der Waals surface area (Å²) in [4.78, 5) is 11.2. The number of halogens is 1. The second kappa shape index (κ2) is 3.28. The van der Waals surface area contributed by atoms with Crippen molar-refractivity contribution in [3.05, 3.63) is 35.9 Å². The lowest BCUT2D eigenvalue weighted by atomic mass is 9.93. The number of ether oxygens (including phenoxy) is 1. The van der Waals surface area contributed by atoms with Gasteiger partial charge in [-0.05, 0) is 12.5 Å². The first-order valence-electron chi connectivity index (χ1n) is 4.54. The molecule has 74 valence electrons. The molecular weight excluding hydrogens is 200 g/mol. The Hall–Kier alpha value is -1.02. The number of cyclic esters (lactones) is 1. The van der Waals surface area contributed by atoms with Crippen molar-refractivity contribution >= 4 is 17.6 Å². The average molecular weight is 211 g/mol. The molecule has 2 rings (SSSR count). The summed E-state index contributed by atoms with van der Waals surface area (Å²) in [6, 6.07) is 9.68. The standard InChI is InChI=1S/C11H11ClO2/c1-11(7-9(12)10(13)14-11)8-5-3-2-4-6-8/h2-6,9H,7H2,1H3. The summed E-state index contributed by atoms with van der Waals surface area (Å²) < 4.78 is 5.28. The van der Waals surface area contributed by atoms with Crippen LogP contribution in [0.3, 0.4) is 0 Å². The number of carbonyl (C=O) groups is 1. The summed E-state index contributed by atoms with van der Waals surface area (Å²) in [5.41, 5.74) is 0.446. The molecule has 1 aliphatic heterocycles. The van der Waals surface area contributed by atoms with Gasteiger partial charge in [0.2, 0.25) is 0 Å². The van der Waals surface area contributed by atoms with E-state index in [2.05, 4.69) is 0 Å². The Kier molecular flexibility index (Phi) is 2.23. The van der Waals surface area contributed by atoms with Crippen LogP contribution in [-0.2, 0) is 15.1 Å². The van der Waals surface area contributed by atoms with E-state index < -0.39 is 11.0 Å². The van der Waals surface area contributed by atoms with Crippen LogP contribution in [0.5, 0.6) is 0 Å². The van der Waals surface area contributed by atoms with E-state index in [9.17, 15) is 4.79 Å². The molecule has 1 heterocycles. The zero-order valence-electron chi connectivity index (χ0n) is 7.87. The molecule has 0 N–H and O–H groups in total. The fraction of sp³-hybridized carbons (Fsp3) is 0.364. The Balaban J connectivity index is 2.31. The first kappa shape index (κ1) is 9.53. The lowest BCUT2D eigenvalue weighted by Gasteiger charge is -2.22. The molecule has 2 unspecified atom stereocenters. The van der Waals surface area contributed by atoms with Crippen LogP contribution < -0.4 is 0 Å². The topological polar surface area (TPSA) is 26.3 Å². The maximum atomic E-state index is 11.2. The maximum absolute atomic E-state index is 11.2. The van der Waals surface area contributed by atoms with Gasteiger partial charge in [-0.3, -0.25) is 4.79 Å². The Morgan fingerprint density at radius 1 is 1.43 bits per heavy atom. The predicted octanol–water partition coefficient (Wildman–Crippen LogP) is 2.46. The molecule has 1 aliphatic rings. The molecule has 0 aliphatic carbocycles. The predicted molar refractivity (Wildman–Crippen MR) is 54.1 cm³/mol. The van der Waals surface area contributed by atoms with E-state index >= 15 is 0 Å². The molecule has 0 saturated carbocycles. The van der Waals surface area contributed by atoms with Crippen LogP contribution in [-0.4, -0.2) is 11.3 Å². The highest BCUT2D eigenvalue weighted by Crippen LogP contribution is 2.38. The monoisotopic (exact) mass is 210 g/mol. The zero-order valence-corrected chi connectivity index (χ0v) is 8.62. The molecule has 14 heavy (non-hydrogen) atoms. The van der Waals surface area contributed by atoms with Gasteiger partial charge in [0, 0.05) is 6.42 Å². The minimum atomic E-state index is -0.551. The Labute approximate surface area is 87.8 Å². The van der Waals surface area contributed by atoms with Crippen LogP contribution in [0.15, 0.2) is 30.3 Å². The molecular formula is C11H11ClO2. The highest BCUT2D eigenvalue weighted by molar-refractivity contribution is 6.30. The van der Waals surface area contributed by atoms with Crippen molar-refractivity contribution in [3.63, 3.8) is 0 Å². The largest absolute Gasteiger partial charge is 0.453 e. The van der Waals surface area contributed by atoms with Crippen molar-refractivity contribution in [3.8, 4) is 0 Å². The summed E-state index contributed by atoms with van der Waals surface area (Å²) in [6.45, 7) is 1.89. The summed E-state index contributed by atoms with van der Waals surface area (Å²) in [5.74, 6) is -0.321. The SMILES string of the molecule is CC1(c2ccccc2)CC(Cl)C(=O)O1. The third-order valence-electron chi connectivity index (χ3n) is 2.53. The van der Waals surface area contributed by atoms with E-state index in [-0.39, 0.29) is 5.97 Å². The van der Waals surface area contributed by atoms with Crippen molar-refractivity contribution in [2.24, 2.45) is 0 Å². The van der Waals surface area contributed by atoms with Gasteiger partial charge in [0.15, 0.2) is 0 Å². The molecule has 0 aromatic heterocycles. The van der Waals surface area contributed by atoms with Gasteiger partial charge in [-0.1, -0.05) is 30.3 Å². The highest BCUT2D eigenvalue weighted by atomic mass is 35.5. The zero-order chi connectivity index (χ0) is 10.2. The third kappa shape index (κ3) is 1.50. The van der Waals surface area contributed by atoms with E-state index in [1.807, 2.05) is 37.3 Å². The van der Waals surface area contributed by atoms with Gasteiger partial charge < -0.3 is 4.74 Å². The number of hydrogen-bond donors (Lipinski definition) is 0. The minimum Gasteiger partial charge on any atom is -0.453 e. The normalized spacial score (nSPS) is 31.6. The molecule has 1 aromatic carbocycles. The van der Waals surface area contributed by atoms with Crippen molar-refractivity contribution in [1.82, 2.24) is 0 Å². The number of hydrogen-bond acceptors (Lipinski definition) is 2. The number of rotatable bonds is 1. The number of alkyl halides is 1. The number of benzene rings is 1. The first-order chi connectivity index (χ1) is 6.62. The highest BCUT2D eigenvalue weighted by Gasteiger charge is 2.43. The molecule has 0 radical (unpaired) electrons.